The zero-order chi connectivity index (χ0) is 20.9. The van der Waals surface area contributed by atoms with Crippen LogP contribution >= 0.6 is 0 Å². The number of benzene rings is 3. The van der Waals surface area contributed by atoms with Crippen LogP contribution in [0.25, 0.3) is 10.9 Å². The van der Waals surface area contributed by atoms with Crippen LogP contribution in [0.2, 0.25) is 0 Å². The molecule has 3 aromatic carbocycles. The molecule has 0 fully saturated rings. The number of nitrogens with one attached hydrogen (secondary N) is 1. The van der Waals surface area contributed by atoms with Crippen molar-refractivity contribution in [3.63, 3.8) is 0 Å². The van der Waals surface area contributed by atoms with Crippen molar-refractivity contribution in [2.45, 2.75) is 25.7 Å². The number of aromatic nitrogens is 1. The summed E-state index contributed by atoms with van der Waals surface area (Å²) in [6.45, 7) is 3.14. The highest BCUT2D eigenvalue weighted by Gasteiger charge is 2.23. The smallest absolute Gasteiger partial charge is 0.120 e. The Kier molecular flexibility index (Phi) is 6.17. The zero-order valence-electron chi connectivity index (χ0n) is 17.5. The molecule has 0 amide bonds. The molecule has 0 aliphatic rings. The van der Waals surface area contributed by atoms with Gasteiger partial charge in [0, 0.05) is 23.6 Å². The van der Waals surface area contributed by atoms with Crippen molar-refractivity contribution in [2.75, 3.05) is 13.6 Å². The summed E-state index contributed by atoms with van der Waals surface area (Å²) in [7, 11) is 1.86. The number of aryl methyl sites for hydroxylation is 1. The first-order chi connectivity index (χ1) is 14.7. The maximum absolute atomic E-state index is 10.9. The fourth-order valence-corrected chi connectivity index (χ4v) is 3.98. The molecule has 1 aromatic heterocycles. The molecule has 0 radical (unpaired) electrons. The average molecular weight is 401 g/mol. The molecule has 0 aliphatic carbocycles. The Morgan fingerprint density at radius 1 is 0.967 bits per heavy atom. The first-order valence-corrected chi connectivity index (χ1v) is 10.3. The number of hydrogen-bond donors (Lipinski definition) is 2. The van der Waals surface area contributed by atoms with Gasteiger partial charge in [-0.05, 0) is 49.4 Å². The number of likely N-dealkylation sites (N-methyl/N-ethyl adjacent to an activating group) is 1. The summed E-state index contributed by atoms with van der Waals surface area (Å²) in [6.07, 6.45) is 1.50. The predicted octanol–water partition coefficient (Wildman–Crippen LogP) is 4.70. The predicted molar refractivity (Wildman–Crippen MR) is 122 cm³/mol. The van der Waals surface area contributed by atoms with E-state index < -0.39 is 6.10 Å². The van der Waals surface area contributed by atoms with Crippen molar-refractivity contribution in [3.05, 3.63) is 102 Å². The van der Waals surface area contributed by atoms with Crippen molar-refractivity contribution in [2.24, 2.45) is 0 Å². The van der Waals surface area contributed by atoms with Gasteiger partial charge in [0.05, 0.1) is 12.1 Å². The number of nitrogens with zero attached hydrogens (tertiary/aromatic N) is 1. The van der Waals surface area contributed by atoms with Crippen molar-refractivity contribution in [1.29, 1.82) is 0 Å². The lowest BCUT2D eigenvalue weighted by atomic mass is 10.0. The molecular weight excluding hydrogens is 372 g/mol. The van der Waals surface area contributed by atoms with E-state index in [4.69, 9.17) is 4.74 Å². The first-order valence-electron chi connectivity index (χ1n) is 10.3. The van der Waals surface area contributed by atoms with E-state index in [1.165, 1.54) is 5.56 Å². The molecule has 4 nitrogen and oxygen atoms in total. The van der Waals surface area contributed by atoms with E-state index in [1.54, 1.807) is 0 Å². The van der Waals surface area contributed by atoms with Gasteiger partial charge in [0.2, 0.25) is 0 Å². The molecule has 0 aliphatic heterocycles. The molecule has 4 heteroatoms. The van der Waals surface area contributed by atoms with E-state index in [2.05, 4.69) is 71.4 Å². The van der Waals surface area contributed by atoms with E-state index in [0.717, 1.165) is 27.8 Å². The lowest BCUT2D eigenvalue weighted by Crippen LogP contribution is -2.33. The number of ether oxygens (including phenoxy) is 1. The molecular formula is C26H28N2O2. The number of aliphatic hydroxyl groups is 1. The molecule has 2 N–H and O–H groups in total. The third-order valence-electron chi connectivity index (χ3n) is 5.40. The second kappa shape index (κ2) is 9.16. The monoisotopic (exact) mass is 400 g/mol. The van der Waals surface area contributed by atoms with Crippen LogP contribution in [0.5, 0.6) is 5.75 Å². The van der Waals surface area contributed by atoms with E-state index in [-0.39, 0.29) is 6.04 Å². The lowest BCUT2D eigenvalue weighted by Gasteiger charge is -2.26. The normalized spacial score (nSPS) is 13.3. The lowest BCUT2D eigenvalue weighted by molar-refractivity contribution is 0.132. The standard InChI is InChI=1S/C26H28N2O2/c1-19-7-6-8-20(15-19)18-30-23-11-12-24-22(16-23)13-14-28(24)26(25(29)17-27-2)21-9-4-3-5-10-21/h3-16,25-27,29H,17-18H2,1-2H3/t25-,26+/m1/s1. The molecule has 0 saturated heterocycles. The zero-order valence-corrected chi connectivity index (χ0v) is 17.5. The fraction of sp³-hybridized carbons (Fsp3) is 0.231. The maximum atomic E-state index is 10.9. The van der Waals surface area contributed by atoms with Crippen molar-refractivity contribution < 1.29 is 9.84 Å². The van der Waals surface area contributed by atoms with E-state index in [9.17, 15) is 5.11 Å². The summed E-state index contributed by atoms with van der Waals surface area (Å²) in [5, 5.41) is 15.1. The summed E-state index contributed by atoms with van der Waals surface area (Å²) in [5.74, 6) is 0.841. The van der Waals surface area contributed by atoms with Gasteiger partial charge in [-0.2, -0.15) is 0 Å². The Morgan fingerprint density at radius 3 is 2.57 bits per heavy atom. The molecule has 154 valence electrons. The van der Waals surface area contributed by atoms with Gasteiger partial charge >= 0.3 is 0 Å². The minimum absolute atomic E-state index is 0.171. The highest BCUT2D eigenvalue weighted by molar-refractivity contribution is 5.82. The van der Waals surface area contributed by atoms with E-state index in [1.807, 2.05) is 37.5 Å². The van der Waals surface area contributed by atoms with Crippen LogP contribution in [-0.2, 0) is 6.61 Å². The Bertz CT molecular complexity index is 1100. The molecule has 0 bridgehead atoms. The number of aliphatic hydroxyl groups excluding tert-OH is 1. The van der Waals surface area contributed by atoms with Crippen molar-refractivity contribution >= 4 is 10.9 Å². The SMILES string of the molecule is CNC[C@@H](O)[C@H](c1ccccc1)n1ccc2cc(OCc3cccc(C)c3)ccc21. The molecule has 0 saturated carbocycles. The van der Waals surface area contributed by atoms with Gasteiger partial charge in [-0.3, -0.25) is 0 Å². The van der Waals surface area contributed by atoms with Crippen LogP contribution in [0, 0.1) is 6.92 Å². The highest BCUT2D eigenvalue weighted by Crippen LogP contribution is 2.30. The molecule has 30 heavy (non-hydrogen) atoms. The molecule has 4 aromatic rings. The Morgan fingerprint density at radius 2 is 1.80 bits per heavy atom. The van der Waals surface area contributed by atoms with Crippen LogP contribution < -0.4 is 10.1 Å². The van der Waals surface area contributed by atoms with Crippen LogP contribution in [0.1, 0.15) is 22.7 Å². The second-order valence-electron chi connectivity index (χ2n) is 7.70. The van der Waals surface area contributed by atoms with Gasteiger partial charge < -0.3 is 19.7 Å². The summed E-state index contributed by atoms with van der Waals surface area (Å²) in [5.41, 5.74) is 4.54. The Labute approximate surface area is 177 Å². The highest BCUT2D eigenvalue weighted by atomic mass is 16.5. The average Bonchev–Trinajstić information content (AvgIpc) is 3.16. The summed E-state index contributed by atoms with van der Waals surface area (Å²) >= 11 is 0. The van der Waals surface area contributed by atoms with Crippen LogP contribution in [0.15, 0.2) is 85.1 Å². The van der Waals surface area contributed by atoms with Gasteiger partial charge in [-0.1, -0.05) is 60.2 Å². The van der Waals surface area contributed by atoms with Crippen LogP contribution in [0.4, 0.5) is 0 Å². The van der Waals surface area contributed by atoms with Gasteiger partial charge in [0.15, 0.2) is 0 Å². The Balaban J connectivity index is 1.61. The maximum Gasteiger partial charge on any atom is 0.120 e. The van der Waals surface area contributed by atoms with Gasteiger partial charge in [-0.25, -0.2) is 0 Å². The number of fused-ring (bicyclic) bond motifs is 1. The fourth-order valence-electron chi connectivity index (χ4n) is 3.98. The quantitative estimate of drug-likeness (QED) is 0.451. The topological polar surface area (TPSA) is 46.4 Å². The third-order valence-corrected chi connectivity index (χ3v) is 5.40. The minimum atomic E-state index is -0.551. The van der Waals surface area contributed by atoms with Crippen LogP contribution in [-0.4, -0.2) is 29.4 Å². The summed E-state index contributed by atoms with van der Waals surface area (Å²) in [4.78, 5) is 0. The second-order valence-corrected chi connectivity index (χ2v) is 7.70. The number of hydrogen-bond acceptors (Lipinski definition) is 3. The molecule has 0 unspecified atom stereocenters. The van der Waals surface area contributed by atoms with Crippen molar-refractivity contribution in [1.82, 2.24) is 9.88 Å². The largest absolute Gasteiger partial charge is 0.489 e. The molecule has 1 heterocycles. The third kappa shape index (κ3) is 4.40. The van der Waals surface area contributed by atoms with E-state index >= 15 is 0 Å². The summed E-state index contributed by atoms with van der Waals surface area (Å²) < 4.78 is 8.18. The van der Waals surface area contributed by atoms with Crippen molar-refractivity contribution in [3.8, 4) is 5.75 Å². The number of rotatable bonds is 8. The van der Waals surface area contributed by atoms with E-state index in [0.29, 0.717) is 13.2 Å². The van der Waals surface area contributed by atoms with Gasteiger partial charge in [0.1, 0.15) is 12.4 Å². The first kappa shape index (κ1) is 20.2. The molecule has 0 spiro atoms. The Hall–Kier alpha value is -3.08. The van der Waals surface area contributed by atoms with Crippen LogP contribution in [0.3, 0.4) is 0 Å². The molecule has 2 atom stereocenters. The summed E-state index contributed by atoms with van der Waals surface area (Å²) in [6, 6.07) is 26.6. The van der Waals surface area contributed by atoms with Gasteiger partial charge in [0.25, 0.3) is 0 Å². The van der Waals surface area contributed by atoms with Gasteiger partial charge in [-0.15, -0.1) is 0 Å². The molecule has 4 rings (SSSR count). The minimum Gasteiger partial charge on any atom is -0.489 e.